The van der Waals surface area contributed by atoms with Crippen LogP contribution >= 0.6 is 11.8 Å². The first-order valence-corrected chi connectivity index (χ1v) is 13.0. The molecule has 0 saturated heterocycles. The summed E-state index contributed by atoms with van der Waals surface area (Å²) >= 11 is 1.60. The summed E-state index contributed by atoms with van der Waals surface area (Å²) in [6.45, 7) is 4.85. The Morgan fingerprint density at radius 3 is 2.37 bits per heavy atom. The average molecular weight is 491 g/mol. The molecule has 0 saturated carbocycles. The summed E-state index contributed by atoms with van der Waals surface area (Å²) in [6.07, 6.45) is 5.26. The highest BCUT2D eigenvalue weighted by atomic mass is 32.2. The lowest BCUT2D eigenvalue weighted by Crippen LogP contribution is -2.41. The van der Waals surface area contributed by atoms with Crippen molar-refractivity contribution in [1.82, 2.24) is 5.32 Å². The molecule has 0 atom stereocenters. The lowest BCUT2D eigenvalue weighted by Gasteiger charge is -2.24. The first-order chi connectivity index (χ1) is 17.0. The van der Waals surface area contributed by atoms with Gasteiger partial charge in [0.2, 0.25) is 0 Å². The third-order valence-corrected chi connectivity index (χ3v) is 6.47. The van der Waals surface area contributed by atoms with Crippen LogP contribution in [0.3, 0.4) is 0 Å². The number of amides is 2. The number of carbonyl (C=O) groups excluding carboxylic acids is 2. The second-order valence-electron chi connectivity index (χ2n) is 8.34. The van der Waals surface area contributed by atoms with Crippen LogP contribution < -0.4 is 15.0 Å². The number of esters is 1. The molecule has 0 aliphatic heterocycles. The van der Waals surface area contributed by atoms with Crippen molar-refractivity contribution in [3.63, 3.8) is 0 Å². The monoisotopic (exact) mass is 490 g/mol. The minimum absolute atomic E-state index is 0.0645. The van der Waals surface area contributed by atoms with Crippen molar-refractivity contribution < 1.29 is 14.3 Å². The van der Waals surface area contributed by atoms with E-state index in [9.17, 15) is 9.59 Å². The van der Waals surface area contributed by atoms with Crippen molar-refractivity contribution >= 4 is 29.4 Å². The number of carbonyl (C=O) groups is 2. The summed E-state index contributed by atoms with van der Waals surface area (Å²) in [6, 6.07) is 25.6. The summed E-state index contributed by atoms with van der Waals surface area (Å²) in [5, 5.41) is 3.11. The Morgan fingerprint density at radius 2 is 1.66 bits per heavy atom. The molecule has 0 heterocycles. The summed E-state index contributed by atoms with van der Waals surface area (Å²) in [5.41, 5.74) is 2.07. The molecular weight excluding hydrogens is 456 g/mol. The molecule has 0 bridgehead atoms. The van der Waals surface area contributed by atoms with E-state index in [1.54, 1.807) is 23.9 Å². The highest BCUT2D eigenvalue weighted by molar-refractivity contribution is 7.99. The van der Waals surface area contributed by atoms with Crippen LogP contribution in [-0.2, 0) is 11.2 Å². The Balaban J connectivity index is 1.71. The van der Waals surface area contributed by atoms with E-state index in [0.29, 0.717) is 18.8 Å². The van der Waals surface area contributed by atoms with Crippen molar-refractivity contribution in [2.45, 2.75) is 55.7 Å². The van der Waals surface area contributed by atoms with Crippen LogP contribution in [-0.4, -0.2) is 25.1 Å². The van der Waals surface area contributed by atoms with Gasteiger partial charge in [0.05, 0.1) is 0 Å². The molecule has 0 spiro atoms. The largest absolute Gasteiger partial charge is 0.427 e. The summed E-state index contributed by atoms with van der Waals surface area (Å²) in [5.74, 6) is 0.190. The highest BCUT2D eigenvalue weighted by Gasteiger charge is 2.16. The molecule has 0 aromatic heterocycles. The fraction of sp³-hybridized carbons (Fsp3) is 0.310. The number of anilines is 1. The number of hydrogen-bond acceptors (Lipinski definition) is 4. The van der Waals surface area contributed by atoms with E-state index < -0.39 is 0 Å². The Kier molecular flexibility index (Phi) is 10.7. The normalized spacial score (nSPS) is 10.6. The van der Waals surface area contributed by atoms with Gasteiger partial charge in [-0.25, -0.2) is 4.79 Å². The van der Waals surface area contributed by atoms with Gasteiger partial charge in [-0.1, -0.05) is 74.3 Å². The molecule has 0 radical (unpaired) electrons. The van der Waals surface area contributed by atoms with E-state index in [2.05, 4.69) is 24.4 Å². The molecule has 0 fully saturated rings. The maximum atomic E-state index is 13.2. The maximum Gasteiger partial charge on any atom is 0.321 e. The average Bonchev–Trinajstić information content (AvgIpc) is 2.86. The van der Waals surface area contributed by atoms with E-state index in [4.69, 9.17) is 4.74 Å². The Hall–Kier alpha value is -3.25. The molecule has 6 heteroatoms. The van der Waals surface area contributed by atoms with E-state index >= 15 is 0 Å². The Bertz CT molecular complexity index is 1070. The molecule has 1 N–H and O–H groups in total. The number of rotatable bonds is 12. The van der Waals surface area contributed by atoms with Gasteiger partial charge in [0.25, 0.3) is 0 Å². The van der Waals surface area contributed by atoms with Gasteiger partial charge >= 0.3 is 12.0 Å². The fourth-order valence-electron chi connectivity index (χ4n) is 3.67. The number of nitrogens with one attached hydrogen (secondary N) is 1. The molecule has 35 heavy (non-hydrogen) atoms. The van der Waals surface area contributed by atoms with E-state index in [-0.39, 0.29) is 12.0 Å². The zero-order valence-electron chi connectivity index (χ0n) is 20.5. The summed E-state index contributed by atoms with van der Waals surface area (Å²) in [4.78, 5) is 28.2. The standard InChI is InChI=1S/C29H34N2O3S/c1-3-4-5-9-20-30-29(33)31(21-19-24-11-7-6-8-12-24)25-13-10-14-28(22-25)35-27-17-15-26(16-18-27)34-23(2)32/h6-8,10-18,22H,3-5,9,19-21H2,1-2H3,(H,30,33). The number of ether oxygens (including phenoxy) is 1. The van der Waals surface area contributed by atoms with Crippen LogP contribution in [0.4, 0.5) is 10.5 Å². The van der Waals surface area contributed by atoms with E-state index in [1.165, 1.54) is 25.3 Å². The minimum Gasteiger partial charge on any atom is -0.427 e. The predicted molar refractivity (Wildman–Crippen MR) is 143 cm³/mol. The number of hydrogen-bond donors (Lipinski definition) is 1. The zero-order chi connectivity index (χ0) is 24.9. The number of benzene rings is 3. The minimum atomic E-state index is -0.336. The topological polar surface area (TPSA) is 58.6 Å². The van der Waals surface area contributed by atoms with Gasteiger partial charge < -0.3 is 10.1 Å². The quantitative estimate of drug-likeness (QED) is 0.167. The van der Waals surface area contributed by atoms with Crippen molar-refractivity contribution in [3.05, 3.63) is 84.4 Å². The molecule has 3 aromatic carbocycles. The Morgan fingerprint density at radius 1 is 0.886 bits per heavy atom. The van der Waals surface area contributed by atoms with E-state index in [1.807, 2.05) is 59.5 Å². The van der Waals surface area contributed by atoms with Crippen LogP contribution in [0.25, 0.3) is 0 Å². The second-order valence-corrected chi connectivity index (χ2v) is 9.49. The second kappa shape index (κ2) is 14.2. The lowest BCUT2D eigenvalue weighted by molar-refractivity contribution is -0.131. The predicted octanol–water partition coefficient (Wildman–Crippen LogP) is 7.10. The van der Waals surface area contributed by atoms with Crippen molar-refractivity contribution in [1.29, 1.82) is 0 Å². The molecular formula is C29H34N2O3S. The van der Waals surface area contributed by atoms with Gasteiger partial charge in [-0.05, 0) is 60.9 Å². The molecule has 0 aliphatic rings. The lowest BCUT2D eigenvalue weighted by atomic mass is 10.1. The third kappa shape index (κ3) is 9.13. The van der Waals surface area contributed by atoms with Gasteiger partial charge in [-0.3, -0.25) is 9.69 Å². The van der Waals surface area contributed by atoms with Crippen LogP contribution in [0.2, 0.25) is 0 Å². The van der Waals surface area contributed by atoms with Crippen molar-refractivity contribution in [2.75, 3.05) is 18.0 Å². The molecule has 0 aliphatic carbocycles. The van der Waals surface area contributed by atoms with Crippen molar-refractivity contribution in [2.24, 2.45) is 0 Å². The fourth-order valence-corrected chi connectivity index (χ4v) is 4.54. The zero-order valence-corrected chi connectivity index (χ0v) is 21.4. The van der Waals surface area contributed by atoms with Gasteiger partial charge in [0.15, 0.2) is 0 Å². The summed E-state index contributed by atoms with van der Waals surface area (Å²) in [7, 11) is 0. The Labute approximate surface area is 212 Å². The van der Waals surface area contributed by atoms with Gasteiger partial charge in [0.1, 0.15) is 5.75 Å². The number of urea groups is 1. The first-order valence-electron chi connectivity index (χ1n) is 12.2. The summed E-state index contributed by atoms with van der Waals surface area (Å²) < 4.78 is 5.11. The van der Waals surface area contributed by atoms with Crippen molar-refractivity contribution in [3.8, 4) is 5.75 Å². The first kappa shape index (κ1) is 26.4. The van der Waals surface area contributed by atoms with Crippen LogP contribution in [0.1, 0.15) is 45.1 Å². The van der Waals surface area contributed by atoms with Gasteiger partial charge in [0, 0.05) is 35.5 Å². The molecule has 0 unspecified atom stereocenters. The maximum absolute atomic E-state index is 13.2. The number of nitrogens with zero attached hydrogens (tertiary/aromatic N) is 1. The van der Waals surface area contributed by atoms with Gasteiger partial charge in [-0.2, -0.15) is 0 Å². The van der Waals surface area contributed by atoms with Crippen LogP contribution in [0.15, 0.2) is 88.7 Å². The number of unbranched alkanes of at least 4 members (excludes halogenated alkanes) is 3. The van der Waals surface area contributed by atoms with Gasteiger partial charge in [-0.15, -0.1) is 0 Å². The SMILES string of the molecule is CCCCCCNC(=O)N(CCc1ccccc1)c1cccc(Sc2ccc(OC(C)=O)cc2)c1. The molecule has 5 nitrogen and oxygen atoms in total. The van der Waals surface area contributed by atoms with E-state index in [0.717, 1.165) is 34.7 Å². The molecule has 2 amide bonds. The third-order valence-electron chi connectivity index (χ3n) is 5.47. The molecule has 3 rings (SSSR count). The highest BCUT2D eigenvalue weighted by Crippen LogP contribution is 2.31. The van der Waals surface area contributed by atoms with Crippen LogP contribution in [0.5, 0.6) is 5.75 Å². The smallest absolute Gasteiger partial charge is 0.321 e. The molecule has 3 aromatic rings. The molecule has 184 valence electrons. The van der Waals surface area contributed by atoms with Crippen LogP contribution in [0, 0.1) is 0 Å².